The summed E-state index contributed by atoms with van der Waals surface area (Å²) in [6.07, 6.45) is 0.745. The first-order chi connectivity index (χ1) is 13.3. The first kappa shape index (κ1) is 19.0. The molecule has 3 aromatic rings. The van der Waals surface area contributed by atoms with Crippen LogP contribution in [0.4, 0.5) is 5.69 Å². The molecule has 0 saturated carbocycles. The number of ether oxygens (including phenoxy) is 1. The fraction of sp³-hybridized carbons (Fsp3) is 0.250. The molecule has 146 valence electrons. The number of anilines is 1. The van der Waals surface area contributed by atoms with E-state index in [1.807, 2.05) is 30.3 Å². The second-order valence-electron chi connectivity index (χ2n) is 7.01. The van der Waals surface area contributed by atoms with Gasteiger partial charge in [0.25, 0.3) is 0 Å². The quantitative estimate of drug-likeness (QED) is 0.656. The lowest BCUT2D eigenvalue weighted by molar-refractivity contribution is 0.415. The molecule has 2 heterocycles. The highest BCUT2D eigenvalue weighted by molar-refractivity contribution is 7.89. The van der Waals surface area contributed by atoms with Crippen molar-refractivity contribution >= 4 is 38.2 Å². The molecule has 1 atom stereocenters. The van der Waals surface area contributed by atoms with Gasteiger partial charge in [0.05, 0.1) is 17.5 Å². The van der Waals surface area contributed by atoms with Crippen molar-refractivity contribution in [3.05, 3.63) is 58.7 Å². The Hall–Kier alpha value is -2.35. The maximum atomic E-state index is 11.6. The summed E-state index contributed by atoms with van der Waals surface area (Å²) in [5, 5.41) is 6.69. The minimum absolute atomic E-state index is 0.139. The third-order valence-corrected chi connectivity index (χ3v) is 6.37. The summed E-state index contributed by atoms with van der Waals surface area (Å²) in [5.41, 5.74) is 3.65. The van der Waals surface area contributed by atoms with Crippen LogP contribution in [0.3, 0.4) is 0 Å². The molecule has 1 aromatic heterocycles. The summed E-state index contributed by atoms with van der Waals surface area (Å²) in [4.78, 5) is 6.86. The van der Waals surface area contributed by atoms with Crippen molar-refractivity contribution in [3.8, 4) is 5.75 Å². The zero-order valence-electron chi connectivity index (χ0n) is 15.5. The topological polar surface area (TPSA) is 85.5 Å². The van der Waals surface area contributed by atoms with Gasteiger partial charge in [-0.05, 0) is 55.3 Å². The molecule has 0 bridgehead atoms. The van der Waals surface area contributed by atoms with Gasteiger partial charge in [0.2, 0.25) is 10.0 Å². The Bertz CT molecular complexity index is 1180. The van der Waals surface area contributed by atoms with Gasteiger partial charge in [0, 0.05) is 35.3 Å². The van der Waals surface area contributed by atoms with Crippen LogP contribution in [0.15, 0.2) is 47.4 Å². The number of hydrogen-bond donors (Lipinski definition) is 1. The minimum atomic E-state index is -3.71. The molecule has 2 aromatic carbocycles. The number of benzene rings is 2. The highest BCUT2D eigenvalue weighted by atomic mass is 35.5. The zero-order valence-corrected chi connectivity index (χ0v) is 17.1. The van der Waals surface area contributed by atoms with Gasteiger partial charge in [-0.3, -0.25) is 0 Å². The Labute approximate surface area is 168 Å². The number of fused-ring (bicyclic) bond motifs is 2. The number of aromatic nitrogens is 1. The van der Waals surface area contributed by atoms with E-state index in [2.05, 4.69) is 16.8 Å². The third-order valence-electron chi connectivity index (χ3n) is 5.13. The Morgan fingerprint density at radius 2 is 2.04 bits per heavy atom. The van der Waals surface area contributed by atoms with Gasteiger partial charge in [-0.1, -0.05) is 11.6 Å². The van der Waals surface area contributed by atoms with E-state index in [-0.39, 0.29) is 10.9 Å². The van der Waals surface area contributed by atoms with E-state index in [4.69, 9.17) is 21.5 Å². The first-order valence-electron chi connectivity index (χ1n) is 8.82. The van der Waals surface area contributed by atoms with E-state index in [9.17, 15) is 8.42 Å². The van der Waals surface area contributed by atoms with E-state index >= 15 is 0 Å². The second-order valence-corrected chi connectivity index (χ2v) is 8.93. The number of nitrogens with zero attached hydrogens (tertiary/aromatic N) is 2. The summed E-state index contributed by atoms with van der Waals surface area (Å²) in [7, 11) is -2.10. The largest absolute Gasteiger partial charge is 0.497 e. The molecule has 28 heavy (non-hydrogen) atoms. The van der Waals surface area contributed by atoms with Crippen LogP contribution in [0, 0.1) is 0 Å². The van der Waals surface area contributed by atoms with Crippen molar-refractivity contribution in [1.82, 2.24) is 4.98 Å². The van der Waals surface area contributed by atoms with Crippen LogP contribution in [0.5, 0.6) is 5.75 Å². The molecule has 0 fully saturated rings. The lowest BCUT2D eigenvalue weighted by Crippen LogP contribution is -2.28. The second kappa shape index (κ2) is 6.92. The van der Waals surface area contributed by atoms with Gasteiger partial charge in [-0.2, -0.15) is 0 Å². The van der Waals surface area contributed by atoms with Crippen LogP contribution in [-0.2, 0) is 23.0 Å². The highest BCUT2D eigenvalue weighted by Gasteiger charge is 2.28. The number of hydrogen-bond acceptors (Lipinski definition) is 5. The number of nitrogens with two attached hydrogens (primary N) is 1. The molecule has 0 amide bonds. The molecule has 0 spiro atoms. The van der Waals surface area contributed by atoms with Gasteiger partial charge in [0.15, 0.2) is 0 Å². The van der Waals surface area contributed by atoms with Gasteiger partial charge >= 0.3 is 0 Å². The fourth-order valence-corrected chi connectivity index (χ4v) is 4.45. The fourth-order valence-electron chi connectivity index (χ4n) is 3.68. The molecule has 1 aliphatic heterocycles. The van der Waals surface area contributed by atoms with Crippen molar-refractivity contribution < 1.29 is 13.2 Å². The Balaban J connectivity index is 1.69. The van der Waals surface area contributed by atoms with E-state index < -0.39 is 10.0 Å². The molecular formula is C20H20ClN3O3S. The lowest BCUT2D eigenvalue weighted by Gasteiger charge is -2.25. The van der Waals surface area contributed by atoms with Crippen LogP contribution in [0.2, 0.25) is 5.15 Å². The lowest BCUT2D eigenvalue weighted by atomic mass is 10.1. The van der Waals surface area contributed by atoms with E-state index in [0.29, 0.717) is 11.7 Å². The number of primary sulfonamides is 1. The van der Waals surface area contributed by atoms with E-state index in [1.54, 1.807) is 19.2 Å². The monoisotopic (exact) mass is 417 g/mol. The summed E-state index contributed by atoms with van der Waals surface area (Å²) in [6.45, 7) is 2.68. The zero-order chi connectivity index (χ0) is 20.1. The minimum Gasteiger partial charge on any atom is -0.497 e. The van der Waals surface area contributed by atoms with E-state index in [1.165, 1.54) is 0 Å². The maximum Gasteiger partial charge on any atom is 0.238 e. The predicted octanol–water partition coefficient (Wildman–Crippen LogP) is 3.50. The maximum absolute atomic E-state index is 11.6. The standard InChI is InChI=1S/C20H20ClN3O3S/c1-12-7-14-9-17(28(22,25)26)5-6-19(14)24(12)11-15-8-13-3-4-16(27-2)10-18(13)23-20(15)21/h3-6,8-10,12H,7,11H2,1-2H3,(H2,22,25,26)/t12-/m1/s1. The molecule has 6 nitrogen and oxygen atoms in total. The molecule has 0 saturated heterocycles. The molecule has 1 aliphatic rings. The van der Waals surface area contributed by atoms with Gasteiger partial charge in [0.1, 0.15) is 10.9 Å². The van der Waals surface area contributed by atoms with Crippen molar-refractivity contribution in [2.45, 2.75) is 30.8 Å². The van der Waals surface area contributed by atoms with E-state index in [0.717, 1.165) is 39.9 Å². The van der Waals surface area contributed by atoms with Crippen LogP contribution >= 0.6 is 11.6 Å². The van der Waals surface area contributed by atoms with Crippen LogP contribution < -0.4 is 14.8 Å². The van der Waals surface area contributed by atoms with Crippen LogP contribution in [0.1, 0.15) is 18.1 Å². The Morgan fingerprint density at radius 3 is 2.75 bits per heavy atom. The average Bonchev–Trinajstić information content (AvgIpc) is 2.95. The van der Waals surface area contributed by atoms with Crippen molar-refractivity contribution in [2.24, 2.45) is 5.14 Å². The molecule has 0 aliphatic carbocycles. The van der Waals surface area contributed by atoms with Gasteiger partial charge < -0.3 is 9.64 Å². The number of pyridine rings is 1. The summed E-state index contributed by atoms with van der Waals surface area (Å²) < 4.78 is 28.5. The SMILES string of the molecule is COc1ccc2cc(CN3c4ccc(S(N)(=O)=O)cc4C[C@H]3C)c(Cl)nc2c1. The van der Waals surface area contributed by atoms with Gasteiger partial charge in [-0.25, -0.2) is 18.5 Å². The summed E-state index contributed by atoms with van der Waals surface area (Å²) in [6, 6.07) is 13.0. The number of methoxy groups -OCH3 is 1. The number of halogens is 1. The van der Waals surface area contributed by atoms with Crippen LogP contribution in [-0.4, -0.2) is 26.6 Å². The summed E-state index contributed by atoms with van der Waals surface area (Å²) >= 11 is 6.46. The highest BCUT2D eigenvalue weighted by Crippen LogP contribution is 2.36. The van der Waals surface area contributed by atoms with Crippen molar-refractivity contribution in [2.75, 3.05) is 12.0 Å². The molecule has 4 rings (SSSR count). The number of sulfonamides is 1. The molecule has 8 heteroatoms. The normalized spacial score (nSPS) is 16.4. The molecule has 0 unspecified atom stereocenters. The van der Waals surface area contributed by atoms with Crippen LogP contribution in [0.25, 0.3) is 10.9 Å². The third kappa shape index (κ3) is 3.41. The molecule has 0 radical (unpaired) electrons. The summed E-state index contributed by atoms with van der Waals surface area (Å²) in [5.74, 6) is 0.733. The average molecular weight is 418 g/mol. The predicted molar refractivity (Wildman–Crippen MR) is 110 cm³/mol. The smallest absolute Gasteiger partial charge is 0.238 e. The number of rotatable bonds is 4. The Morgan fingerprint density at radius 1 is 1.25 bits per heavy atom. The molecule has 2 N–H and O–H groups in total. The van der Waals surface area contributed by atoms with Gasteiger partial charge in [-0.15, -0.1) is 0 Å². The Kier molecular flexibility index (Phi) is 4.69. The first-order valence-corrected chi connectivity index (χ1v) is 10.7. The van der Waals surface area contributed by atoms with Crippen molar-refractivity contribution in [1.29, 1.82) is 0 Å². The van der Waals surface area contributed by atoms with Crippen molar-refractivity contribution in [3.63, 3.8) is 0 Å². The molecular weight excluding hydrogens is 398 g/mol.